The zero-order valence-electron chi connectivity index (χ0n) is 7.00. The number of rotatable bonds is 4. The molecule has 0 aromatic rings. The molecule has 0 spiro atoms. The second-order valence-corrected chi connectivity index (χ2v) is 2.78. The normalized spacial score (nSPS) is 28.2. The van der Waals surface area contributed by atoms with Crippen molar-refractivity contribution < 1.29 is 14.3 Å². The van der Waals surface area contributed by atoms with Crippen LogP contribution in [0.25, 0.3) is 0 Å². The molecule has 0 unspecified atom stereocenters. The molecule has 0 N–H and O–H groups in total. The second-order valence-electron chi connectivity index (χ2n) is 2.78. The third kappa shape index (κ3) is 2.50. The maximum absolute atomic E-state index is 10.9. The average molecular weight is 158 g/mol. The van der Waals surface area contributed by atoms with Crippen LogP contribution < -0.4 is 0 Å². The monoisotopic (exact) mass is 158 g/mol. The SMILES string of the molecule is CCCCOC(=O)[C@@H]1O[C@H]1C. The number of hydrogen-bond donors (Lipinski definition) is 0. The molecule has 1 fully saturated rings. The van der Waals surface area contributed by atoms with Crippen LogP contribution in [-0.2, 0) is 14.3 Å². The van der Waals surface area contributed by atoms with Gasteiger partial charge in [0.15, 0.2) is 6.10 Å². The smallest absolute Gasteiger partial charge is 0.337 e. The molecule has 11 heavy (non-hydrogen) atoms. The lowest BCUT2D eigenvalue weighted by Crippen LogP contribution is -2.13. The Morgan fingerprint density at radius 2 is 2.27 bits per heavy atom. The number of carbonyl (C=O) groups is 1. The summed E-state index contributed by atoms with van der Waals surface area (Å²) in [4.78, 5) is 10.9. The predicted molar refractivity (Wildman–Crippen MR) is 40.2 cm³/mol. The summed E-state index contributed by atoms with van der Waals surface area (Å²) < 4.78 is 9.85. The Hall–Kier alpha value is -0.570. The first-order valence-corrected chi connectivity index (χ1v) is 4.07. The third-order valence-electron chi connectivity index (χ3n) is 1.69. The first-order valence-electron chi connectivity index (χ1n) is 4.07. The molecular formula is C8H14O3. The van der Waals surface area contributed by atoms with E-state index in [1.807, 2.05) is 6.92 Å². The molecule has 0 aromatic heterocycles. The Balaban J connectivity index is 2.03. The van der Waals surface area contributed by atoms with E-state index in [-0.39, 0.29) is 18.2 Å². The summed E-state index contributed by atoms with van der Waals surface area (Å²) >= 11 is 0. The highest BCUT2D eigenvalue weighted by Crippen LogP contribution is 2.21. The molecule has 1 aliphatic rings. The summed E-state index contributed by atoms with van der Waals surface area (Å²) in [5.41, 5.74) is 0. The average Bonchev–Trinajstić information content (AvgIpc) is 2.67. The van der Waals surface area contributed by atoms with Crippen molar-refractivity contribution in [2.45, 2.75) is 38.9 Å². The van der Waals surface area contributed by atoms with E-state index in [0.29, 0.717) is 6.61 Å². The molecule has 3 nitrogen and oxygen atoms in total. The lowest BCUT2D eigenvalue weighted by Gasteiger charge is -1.99. The Morgan fingerprint density at radius 3 is 2.73 bits per heavy atom. The van der Waals surface area contributed by atoms with Crippen LogP contribution in [0, 0.1) is 0 Å². The van der Waals surface area contributed by atoms with Gasteiger partial charge in [-0.3, -0.25) is 0 Å². The highest BCUT2D eigenvalue weighted by atomic mass is 16.6. The van der Waals surface area contributed by atoms with Crippen molar-refractivity contribution in [2.75, 3.05) is 6.61 Å². The second kappa shape index (κ2) is 3.72. The quantitative estimate of drug-likeness (QED) is 0.349. The molecule has 0 aliphatic carbocycles. The van der Waals surface area contributed by atoms with E-state index in [2.05, 4.69) is 6.92 Å². The maximum Gasteiger partial charge on any atom is 0.337 e. The first-order chi connectivity index (χ1) is 5.25. The van der Waals surface area contributed by atoms with Crippen LogP contribution >= 0.6 is 0 Å². The van der Waals surface area contributed by atoms with E-state index < -0.39 is 0 Å². The molecule has 64 valence electrons. The number of hydrogen-bond acceptors (Lipinski definition) is 3. The van der Waals surface area contributed by atoms with Crippen LogP contribution in [0.15, 0.2) is 0 Å². The molecular weight excluding hydrogens is 144 g/mol. The van der Waals surface area contributed by atoms with Gasteiger partial charge >= 0.3 is 5.97 Å². The van der Waals surface area contributed by atoms with E-state index in [1.54, 1.807) is 0 Å². The van der Waals surface area contributed by atoms with Crippen molar-refractivity contribution in [1.29, 1.82) is 0 Å². The van der Waals surface area contributed by atoms with Gasteiger partial charge in [-0.25, -0.2) is 4.79 Å². The van der Waals surface area contributed by atoms with Crippen molar-refractivity contribution in [1.82, 2.24) is 0 Å². The van der Waals surface area contributed by atoms with Crippen LogP contribution in [0.5, 0.6) is 0 Å². The topological polar surface area (TPSA) is 38.8 Å². The number of esters is 1. The molecule has 1 rings (SSSR count). The minimum Gasteiger partial charge on any atom is -0.464 e. The highest BCUT2D eigenvalue weighted by Gasteiger charge is 2.42. The van der Waals surface area contributed by atoms with Crippen LogP contribution in [0.3, 0.4) is 0 Å². The maximum atomic E-state index is 10.9. The lowest BCUT2D eigenvalue weighted by molar-refractivity contribution is -0.145. The fourth-order valence-corrected chi connectivity index (χ4v) is 0.832. The lowest BCUT2D eigenvalue weighted by atomic mass is 10.3. The van der Waals surface area contributed by atoms with Gasteiger partial charge in [0.05, 0.1) is 12.7 Å². The van der Waals surface area contributed by atoms with E-state index in [9.17, 15) is 4.79 Å². The minimum absolute atomic E-state index is 0.0733. The summed E-state index contributed by atoms with van der Waals surface area (Å²) in [6.45, 7) is 4.46. The van der Waals surface area contributed by atoms with Gasteiger partial charge in [-0.15, -0.1) is 0 Å². The molecule has 0 saturated carbocycles. The summed E-state index contributed by atoms with van der Waals surface area (Å²) in [7, 11) is 0. The zero-order chi connectivity index (χ0) is 8.27. The summed E-state index contributed by atoms with van der Waals surface area (Å²) in [5, 5.41) is 0. The Bertz CT molecular complexity index is 144. The van der Waals surface area contributed by atoms with Gasteiger partial charge in [-0.05, 0) is 13.3 Å². The number of ether oxygens (including phenoxy) is 2. The fraction of sp³-hybridized carbons (Fsp3) is 0.875. The molecule has 2 atom stereocenters. The van der Waals surface area contributed by atoms with E-state index in [1.165, 1.54) is 0 Å². The number of carbonyl (C=O) groups excluding carboxylic acids is 1. The Labute approximate surface area is 66.7 Å². The van der Waals surface area contributed by atoms with Gasteiger partial charge in [0.25, 0.3) is 0 Å². The van der Waals surface area contributed by atoms with Crippen LogP contribution in [0.1, 0.15) is 26.7 Å². The van der Waals surface area contributed by atoms with Crippen LogP contribution in [-0.4, -0.2) is 24.8 Å². The van der Waals surface area contributed by atoms with Gasteiger partial charge in [0, 0.05) is 0 Å². The summed E-state index contributed by atoms with van der Waals surface area (Å²) in [6, 6.07) is 0. The molecule has 0 aromatic carbocycles. The van der Waals surface area contributed by atoms with E-state index in [0.717, 1.165) is 12.8 Å². The minimum atomic E-state index is -0.271. The first kappa shape index (κ1) is 8.53. The van der Waals surface area contributed by atoms with Gasteiger partial charge in [-0.2, -0.15) is 0 Å². The largest absolute Gasteiger partial charge is 0.464 e. The molecule has 0 bridgehead atoms. The van der Waals surface area contributed by atoms with Crippen molar-refractivity contribution in [3.05, 3.63) is 0 Å². The van der Waals surface area contributed by atoms with Crippen molar-refractivity contribution in [3.63, 3.8) is 0 Å². The summed E-state index contributed by atoms with van der Waals surface area (Å²) in [5.74, 6) is -0.203. The fourth-order valence-electron chi connectivity index (χ4n) is 0.832. The highest BCUT2D eigenvalue weighted by molar-refractivity contribution is 5.77. The van der Waals surface area contributed by atoms with Crippen molar-refractivity contribution in [2.24, 2.45) is 0 Å². The van der Waals surface area contributed by atoms with E-state index >= 15 is 0 Å². The number of epoxide rings is 1. The summed E-state index contributed by atoms with van der Waals surface area (Å²) in [6.07, 6.45) is 1.79. The van der Waals surface area contributed by atoms with Gasteiger partial charge in [-0.1, -0.05) is 13.3 Å². The predicted octanol–water partition coefficient (Wildman–Crippen LogP) is 1.12. The van der Waals surface area contributed by atoms with Crippen LogP contribution in [0.2, 0.25) is 0 Å². The third-order valence-corrected chi connectivity index (χ3v) is 1.69. The molecule has 1 heterocycles. The Morgan fingerprint density at radius 1 is 1.64 bits per heavy atom. The standard InChI is InChI=1S/C8H14O3/c1-3-4-5-10-8(9)7-6(2)11-7/h6-7H,3-5H2,1-2H3/t6-,7+/m0/s1. The van der Waals surface area contributed by atoms with Crippen molar-refractivity contribution in [3.8, 4) is 0 Å². The van der Waals surface area contributed by atoms with Gasteiger partial charge < -0.3 is 9.47 Å². The zero-order valence-corrected chi connectivity index (χ0v) is 7.00. The van der Waals surface area contributed by atoms with Crippen molar-refractivity contribution >= 4 is 5.97 Å². The molecule has 0 amide bonds. The van der Waals surface area contributed by atoms with Crippen LogP contribution in [0.4, 0.5) is 0 Å². The molecule has 0 radical (unpaired) electrons. The van der Waals surface area contributed by atoms with Gasteiger partial charge in [0.2, 0.25) is 0 Å². The number of unbranched alkanes of at least 4 members (excludes halogenated alkanes) is 1. The van der Waals surface area contributed by atoms with Gasteiger partial charge in [0.1, 0.15) is 0 Å². The molecule has 1 aliphatic heterocycles. The molecule has 1 saturated heterocycles. The van der Waals surface area contributed by atoms with E-state index in [4.69, 9.17) is 9.47 Å². The Kier molecular flexibility index (Phi) is 2.88. The molecule has 3 heteroatoms.